The van der Waals surface area contributed by atoms with Crippen molar-refractivity contribution in [3.8, 4) is 0 Å². The van der Waals surface area contributed by atoms with Crippen LogP contribution >= 0.6 is 23.8 Å². The molecule has 0 bridgehead atoms. The molecule has 6 heteroatoms. The average Bonchev–Trinajstić information content (AvgIpc) is 2.61. The van der Waals surface area contributed by atoms with Crippen LogP contribution in [-0.4, -0.2) is 11.0 Å². The summed E-state index contributed by atoms with van der Waals surface area (Å²) in [6.07, 6.45) is 1.03. The van der Waals surface area contributed by atoms with E-state index in [1.165, 1.54) is 5.56 Å². The van der Waals surface area contributed by atoms with Crippen molar-refractivity contribution in [1.82, 2.24) is 10.9 Å². The molecule has 0 aromatic heterocycles. The molecule has 1 unspecified atom stereocenters. The first-order valence-corrected chi connectivity index (χ1v) is 9.35. The van der Waals surface area contributed by atoms with Gasteiger partial charge in [0.2, 0.25) is 5.91 Å². The van der Waals surface area contributed by atoms with Gasteiger partial charge in [-0.25, -0.2) is 0 Å². The molecule has 3 N–H and O–H groups in total. The molecule has 1 amide bonds. The van der Waals surface area contributed by atoms with Crippen LogP contribution in [0, 0.1) is 5.92 Å². The summed E-state index contributed by atoms with van der Waals surface area (Å²) in [5.74, 6) is 0.177. The molecule has 0 aliphatic rings. The fourth-order valence-corrected chi connectivity index (χ4v) is 2.78. The van der Waals surface area contributed by atoms with E-state index in [0.717, 1.165) is 17.7 Å². The second-order valence-electron chi connectivity index (χ2n) is 6.64. The first kappa shape index (κ1) is 20.2. The predicted octanol–water partition coefficient (Wildman–Crippen LogP) is 4.66. The minimum absolute atomic E-state index is 0.151. The molecule has 2 aromatic carbocycles. The van der Waals surface area contributed by atoms with Crippen molar-refractivity contribution in [3.63, 3.8) is 0 Å². The van der Waals surface area contributed by atoms with E-state index >= 15 is 0 Å². The predicted molar refractivity (Wildman–Crippen MR) is 112 cm³/mol. The van der Waals surface area contributed by atoms with Crippen LogP contribution in [0.15, 0.2) is 48.5 Å². The molecule has 0 saturated carbocycles. The van der Waals surface area contributed by atoms with Gasteiger partial charge in [0.1, 0.15) is 0 Å². The molecule has 0 radical (unpaired) electrons. The second kappa shape index (κ2) is 9.55. The molecule has 0 heterocycles. The Kier molecular flexibility index (Phi) is 7.42. The largest absolute Gasteiger partial charge is 0.331 e. The molecular formula is C20H24ClN3OS. The van der Waals surface area contributed by atoms with Gasteiger partial charge in [0.25, 0.3) is 0 Å². The molecule has 2 rings (SSSR count). The van der Waals surface area contributed by atoms with Gasteiger partial charge < -0.3 is 5.32 Å². The maximum Gasteiger partial charge on any atom is 0.245 e. The van der Waals surface area contributed by atoms with Crippen molar-refractivity contribution in [2.45, 2.75) is 33.1 Å². The van der Waals surface area contributed by atoms with Crippen LogP contribution < -0.4 is 16.2 Å². The molecule has 4 nitrogen and oxygen atoms in total. The van der Waals surface area contributed by atoms with Crippen LogP contribution in [0.5, 0.6) is 0 Å². The Morgan fingerprint density at radius 1 is 1.00 bits per heavy atom. The van der Waals surface area contributed by atoms with E-state index in [1.54, 1.807) is 24.3 Å². The van der Waals surface area contributed by atoms with Gasteiger partial charge in [-0.05, 0) is 66.9 Å². The van der Waals surface area contributed by atoms with Crippen molar-refractivity contribution in [3.05, 3.63) is 64.7 Å². The number of benzene rings is 2. The second-order valence-corrected chi connectivity index (χ2v) is 7.48. The van der Waals surface area contributed by atoms with Crippen LogP contribution in [0.1, 0.15) is 37.8 Å². The van der Waals surface area contributed by atoms with Gasteiger partial charge >= 0.3 is 0 Å². The number of anilines is 1. The topological polar surface area (TPSA) is 53.2 Å². The van der Waals surface area contributed by atoms with Crippen molar-refractivity contribution in [2.24, 2.45) is 5.92 Å². The van der Waals surface area contributed by atoms with Gasteiger partial charge in [-0.15, -0.1) is 0 Å². The number of nitrogens with one attached hydrogen (secondary N) is 3. The molecule has 0 fully saturated rings. The Hall–Kier alpha value is -2.11. The van der Waals surface area contributed by atoms with E-state index in [0.29, 0.717) is 16.1 Å². The highest BCUT2D eigenvalue weighted by Gasteiger charge is 2.15. The number of carbonyl (C=O) groups excluding carboxylic acids is 1. The SMILES string of the molecule is CC(C)Cc1ccc(C(C)C(=O)NNC(=S)Nc2ccc(Cl)cc2)cc1. The normalized spacial score (nSPS) is 11.7. The zero-order valence-corrected chi connectivity index (χ0v) is 16.7. The van der Waals surface area contributed by atoms with E-state index in [4.69, 9.17) is 23.8 Å². The highest BCUT2D eigenvalue weighted by molar-refractivity contribution is 7.80. The molecule has 1 atom stereocenters. The molecule has 0 saturated heterocycles. The smallest absolute Gasteiger partial charge is 0.245 e. The number of rotatable bonds is 5. The molecule has 138 valence electrons. The fraction of sp³-hybridized carbons (Fsp3) is 0.300. The zero-order chi connectivity index (χ0) is 19.1. The molecular weight excluding hydrogens is 366 g/mol. The van der Waals surface area contributed by atoms with Crippen molar-refractivity contribution < 1.29 is 4.79 Å². The standard InChI is InChI=1S/C20H24ClN3OS/c1-13(2)12-15-4-6-16(7-5-15)14(3)19(25)23-24-20(26)22-18-10-8-17(21)9-11-18/h4-11,13-14H,12H2,1-3H3,(H,23,25)(H2,22,24,26). The van der Waals surface area contributed by atoms with Crippen molar-refractivity contribution in [1.29, 1.82) is 0 Å². The summed E-state index contributed by atoms with van der Waals surface area (Å²) in [6.45, 7) is 6.25. The number of amides is 1. The average molecular weight is 390 g/mol. The third kappa shape index (κ3) is 6.32. The molecule has 2 aromatic rings. The Labute approximate surface area is 165 Å². The van der Waals surface area contributed by atoms with Crippen molar-refractivity contribution >= 4 is 40.5 Å². The van der Waals surface area contributed by atoms with E-state index in [-0.39, 0.29) is 11.8 Å². The highest BCUT2D eigenvalue weighted by Crippen LogP contribution is 2.17. The number of hydrazine groups is 1. The maximum atomic E-state index is 12.3. The highest BCUT2D eigenvalue weighted by atomic mass is 35.5. The molecule has 0 aliphatic carbocycles. The summed E-state index contributed by atoms with van der Waals surface area (Å²) >= 11 is 11.0. The maximum absolute atomic E-state index is 12.3. The van der Waals surface area contributed by atoms with Gasteiger partial charge in [-0.2, -0.15) is 0 Å². The van der Waals surface area contributed by atoms with Crippen molar-refractivity contribution in [2.75, 3.05) is 5.32 Å². The Bertz CT molecular complexity index is 745. The number of hydrogen-bond acceptors (Lipinski definition) is 2. The van der Waals surface area contributed by atoms with Gasteiger partial charge in [0.05, 0.1) is 5.92 Å². The van der Waals surface area contributed by atoms with Crippen LogP contribution in [0.4, 0.5) is 5.69 Å². The number of halogens is 1. The summed E-state index contributed by atoms with van der Waals surface area (Å²) in [6, 6.07) is 15.3. The number of hydrogen-bond donors (Lipinski definition) is 3. The van der Waals surface area contributed by atoms with Gasteiger partial charge in [0, 0.05) is 10.7 Å². The lowest BCUT2D eigenvalue weighted by Crippen LogP contribution is -2.45. The summed E-state index contributed by atoms with van der Waals surface area (Å²) in [5, 5.41) is 3.93. The number of carbonyl (C=O) groups is 1. The van der Waals surface area contributed by atoms with Crippen LogP contribution in [0.2, 0.25) is 5.02 Å². The number of thiocarbonyl (C=S) groups is 1. The van der Waals surface area contributed by atoms with E-state index in [1.807, 2.05) is 19.1 Å². The summed E-state index contributed by atoms with van der Waals surface area (Å²) in [4.78, 5) is 12.3. The van der Waals surface area contributed by atoms with Crippen LogP contribution in [0.3, 0.4) is 0 Å². The van der Waals surface area contributed by atoms with Crippen LogP contribution in [-0.2, 0) is 11.2 Å². The third-order valence-corrected chi connectivity index (χ3v) is 4.37. The third-order valence-electron chi connectivity index (χ3n) is 3.92. The lowest BCUT2D eigenvalue weighted by molar-refractivity contribution is -0.122. The minimum atomic E-state index is -0.283. The molecule has 26 heavy (non-hydrogen) atoms. The first-order chi connectivity index (χ1) is 12.3. The molecule has 0 spiro atoms. The summed E-state index contributed by atoms with van der Waals surface area (Å²) < 4.78 is 0. The van der Waals surface area contributed by atoms with E-state index in [9.17, 15) is 4.79 Å². The molecule has 0 aliphatic heterocycles. The lowest BCUT2D eigenvalue weighted by Gasteiger charge is -2.16. The fourth-order valence-electron chi connectivity index (χ4n) is 2.49. The Morgan fingerprint density at radius 2 is 1.62 bits per heavy atom. The Balaban J connectivity index is 1.84. The van der Waals surface area contributed by atoms with Gasteiger partial charge in [-0.3, -0.25) is 15.6 Å². The van der Waals surface area contributed by atoms with E-state index < -0.39 is 0 Å². The van der Waals surface area contributed by atoms with Crippen LogP contribution in [0.25, 0.3) is 0 Å². The first-order valence-electron chi connectivity index (χ1n) is 8.56. The minimum Gasteiger partial charge on any atom is -0.331 e. The van der Waals surface area contributed by atoms with E-state index in [2.05, 4.69) is 42.1 Å². The summed E-state index contributed by atoms with van der Waals surface area (Å²) in [5.41, 5.74) is 8.40. The van der Waals surface area contributed by atoms with Gasteiger partial charge in [0.15, 0.2) is 5.11 Å². The van der Waals surface area contributed by atoms with Gasteiger partial charge in [-0.1, -0.05) is 49.7 Å². The summed E-state index contributed by atoms with van der Waals surface area (Å²) in [7, 11) is 0. The quantitative estimate of drug-likeness (QED) is 0.514. The zero-order valence-electron chi connectivity index (χ0n) is 15.2. The lowest BCUT2D eigenvalue weighted by atomic mass is 9.96. The Morgan fingerprint density at radius 3 is 2.19 bits per heavy atom. The monoisotopic (exact) mass is 389 g/mol.